The number of fused-ring (bicyclic) bond motifs is 1. The molecule has 1 fully saturated rings. The first-order valence-electron chi connectivity index (χ1n) is 11.2. The van der Waals surface area contributed by atoms with E-state index in [1.807, 2.05) is 26.0 Å². The van der Waals surface area contributed by atoms with Crippen molar-refractivity contribution in [1.82, 2.24) is 24.8 Å². The Morgan fingerprint density at radius 1 is 1.18 bits per heavy atom. The van der Waals surface area contributed by atoms with Crippen LogP contribution in [0.5, 0.6) is 0 Å². The summed E-state index contributed by atoms with van der Waals surface area (Å²) in [7, 11) is 0. The number of nitrogens with two attached hydrogens (primary N) is 1. The van der Waals surface area contributed by atoms with Crippen LogP contribution < -0.4 is 11.1 Å². The number of hydrogen-bond acceptors (Lipinski definition) is 5. The predicted molar refractivity (Wildman–Crippen MR) is 127 cm³/mol. The number of carbonyl (C=O) groups excluding carboxylic acids is 2. The van der Waals surface area contributed by atoms with Gasteiger partial charge in [0.25, 0.3) is 5.91 Å². The van der Waals surface area contributed by atoms with Crippen molar-refractivity contribution in [3.63, 3.8) is 0 Å². The third-order valence-electron chi connectivity index (χ3n) is 6.35. The zero-order valence-electron chi connectivity index (χ0n) is 19.0. The largest absolute Gasteiger partial charge is 0.365 e. The Morgan fingerprint density at radius 3 is 2.55 bits per heavy atom. The number of rotatable bonds is 7. The lowest BCUT2D eigenvalue weighted by molar-refractivity contribution is -0.122. The predicted octanol–water partition coefficient (Wildman–Crippen LogP) is 2.81. The third kappa shape index (κ3) is 5.34. The minimum atomic E-state index is -0.553. The molecule has 4 rings (SSSR count). The summed E-state index contributed by atoms with van der Waals surface area (Å²) >= 11 is 5.96. The van der Waals surface area contributed by atoms with E-state index in [2.05, 4.69) is 32.4 Å². The molecule has 0 unspecified atom stereocenters. The summed E-state index contributed by atoms with van der Waals surface area (Å²) in [6.07, 6.45) is 4.26. The quantitative estimate of drug-likeness (QED) is 0.554. The lowest BCUT2D eigenvalue weighted by Crippen LogP contribution is -2.44. The van der Waals surface area contributed by atoms with Crippen molar-refractivity contribution in [3.05, 3.63) is 63.6 Å². The summed E-state index contributed by atoms with van der Waals surface area (Å²) in [5.74, 6) is -0.508. The van der Waals surface area contributed by atoms with Crippen LogP contribution in [0.1, 0.15) is 52.1 Å². The van der Waals surface area contributed by atoms with Crippen molar-refractivity contribution in [3.8, 4) is 0 Å². The summed E-state index contributed by atoms with van der Waals surface area (Å²) < 4.78 is 1.62. The van der Waals surface area contributed by atoms with Gasteiger partial charge in [-0.05, 0) is 56.4 Å². The molecule has 3 aromatic rings. The lowest BCUT2D eigenvalue weighted by Gasteiger charge is -2.32. The van der Waals surface area contributed by atoms with Crippen LogP contribution in [0, 0.1) is 13.8 Å². The molecule has 1 aliphatic heterocycles. The molecule has 33 heavy (non-hydrogen) atoms. The van der Waals surface area contributed by atoms with Crippen LogP contribution in [0.3, 0.4) is 0 Å². The number of halogens is 1. The number of benzene rings is 1. The zero-order chi connectivity index (χ0) is 23.5. The van der Waals surface area contributed by atoms with Crippen LogP contribution in [-0.2, 0) is 17.8 Å². The topological polar surface area (TPSA) is 106 Å². The van der Waals surface area contributed by atoms with Crippen LogP contribution in [0.4, 0.5) is 0 Å². The minimum Gasteiger partial charge on any atom is -0.365 e. The van der Waals surface area contributed by atoms with Gasteiger partial charge in [0.2, 0.25) is 5.91 Å². The Morgan fingerprint density at radius 2 is 1.88 bits per heavy atom. The molecule has 0 spiro atoms. The standard InChI is InChI=1S/C24H29ClN6O2/c1-15-20(16(2)31-24(28-15)21(13-27-31)23(26)33)7-8-22(32)29-19-9-11-30(12-10-19)14-17-3-5-18(25)6-4-17/h3-6,13,19H,7-12,14H2,1-2H3,(H2,26,33)(H,29,32). The molecule has 3 N–H and O–H groups in total. The van der Waals surface area contributed by atoms with E-state index >= 15 is 0 Å². The maximum absolute atomic E-state index is 12.6. The Hall–Kier alpha value is -2.97. The van der Waals surface area contributed by atoms with Crippen molar-refractivity contribution in [2.24, 2.45) is 5.73 Å². The molecule has 0 atom stereocenters. The number of likely N-dealkylation sites (tertiary alicyclic amines) is 1. The number of amides is 2. The smallest absolute Gasteiger partial charge is 0.254 e. The van der Waals surface area contributed by atoms with Gasteiger partial charge in [-0.2, -0.15) is 5.10 Å². The summed E-state index contributed by atoms with van der Waals surface area (Å²) in [5.41, 5.74) is 10.0. The van der Waals surface area contributed by atoms with Gasteiger partial charge in [0.15, 0.2) is 5.65 Å². The minimum absolute atomic E-state index is 0.0448. The Kier molecular flexibility index (Phi) is 6.95. The van der Waals surface area contributed by atoms with Gasteiger partial charge in [0.05, 0.1) is 6.20 Å². The van der Waals surface area contributed by atoms with Crippen LogP contribution >= 0.6 is 11.6 Å². The molecular formula is C24H29ClN6O2. The van der Waals surface area contributed by atoms with Crippen molar-refractivity contribution < 1.29 is 9.59 Å². The van der Waals surface area contributed by atoms with Gasteiger partial charge in [-0.3, -0.25) is 14.5 Å². The monoisotopic (exact) mass is 468 g/mol. The number of nitrogens with zero attached hydrogens (tertiary/aromatic N) is 4. The maximum Gasteiger partial charge on any atom is 0.254 e. The normalized spacial score (nSPS) is 15.1. The average molecular weight is 469 g/mol. The highest BCUT2D eigenvalue weighted by atomic mass is 35.5. The van der Waals surface area contributed by atoms with E-state index in [1.165, 1.54) is 11.8 Å². The molecule has 174 valence electrons. The molecule has 2 amide bonds. The molecule has 3 heterocycles. The number of hydrogen-bond donors (Lipinski definition) is 2. The molecule has 0 bridgehead atoms. The van der Waals surface area contributed by atoms with Gasteiger partial charge in [-0.1, -0.05) is 23.7 Å². The van der Waals surface area contributed by atoms with E-state index in [0.717, 1.165) is 54.4 Å². The number of primary amides is 1. The van der Waals surface area contributed by atoms with Crippen molar-refractivity contribution in [1.29, 1.82) is 0 Å². The number of nitrogens with one attached hydrogen (secondary N) is 1. The SMILES string of the molecule is Cc1nc2c(C(N)=O)cnn2c(C)c1CCC(=O)NC1CCN(Cc2ccc(Cl)cc2)CC1. The van der Waals surface area contributed by atoms with Crippen LogP contribution in [0.15, 0.2) is 30.5 Å². The van der Waals surface area contributed by atoms with E-state index in [-0.39, 0.29) is 11.9 Å². The highest BCUT2D eigenvalue weighted by Gasteiger charge is 2.22. The second-order valence-corrected chi connectivity index (χ2v) is 9.10. The fourth-order valence-corrected chi connectivity index (χ4v) is 4.59. The van der Waals surface area contributed by atoms with Crippen molar-refractivity contribution >= 4 is 29.1 Å². The molecule has 0 aliphatic carbocycles. The fourth-order valence-electron chi connectivity index (χ4n) is 4.47. The highest BCUT2D eigenvalue weighted by molar-refractivity contribution is 6.30. The summed E-state index contributed by atoms with van der Waals surface area (Å²) in [5, 5.41) is 8.19. The van der Waals surface area contributed by atoms with Crippen LogP contribution in [-0.4, -0.2) is 50.4 Å². The zero-order valence-corrected chi connectivity index (χ0v) is 19.7. The van der Waals surface area contributed by atoms with Gasteiger partial charge in [-0.25, -0.2) is 9.50 Å². The van der Waals surface area contributed by atoms with Crippen LogP contribution in [0.2, 0.25) is 5.02 Å². The van der Waals surface area contributed by atoms with Crippen molar-refractivity contribution in [2.45, 2.75) is 52.1 Å². The average Bonchev–Trinajstić information content (AvgIpc) is 3.21. The first-order valence-corrected chi connectivity index (χ1v) is 11.6. The molecular weight excluding hydrogens is 440 g/mol. The number of aromatic nitrogens is 3. The molecule has 8 nitrogen and oxygen atoms in total. The molecule has 1 aliphatic rings. The lowest BCUT2D eigenvalue weighted by atomic mass is 10.0. The molecule has 0 radical (unpaired) electrons. The van der Waals surface area contributed by atoms with Gasteiger partial charge in [0, 0.05) is 48.5 Å². The molecule has 1 saturated heterocycles. The maximum atomic E-state index is 12.6. The molecule has 9 heteroatoms. The number of carbonyl (C=O) groups is 2. The third-order valence-corrected chi connectivity index (χ3v) is 6.60. The van der Waals surface area contributed by atoms with E-state index in [0.29, 0.717) is 24.1 Å². The Bertz CT molecular complexity index is 1170. The van der Waals surface area contributed by atoms with E-state index in [4.69, 9.17) is 17.3 Å². The first-order chi connectivity index (χ1) is 15.8. The van der Waals surface area contributed by atoms with Gasteiger partial charge >= 0.3 is 0 Å². The molecule has 0 saturated carbocycles. The Balaban J connectivity index is 1.29. The van der Waals surface area contributed by atoms with E-state index in [9.17, 15) is 9.59 Å². The van der Waals surface area contributed by atoms with Gasteiger partial charge in [-0.15, -0.1) is 0 Å². The first kappa shape index (κ1) is 23.2. The second-order valence-electron chi connectivity index (χ2n) is 8.66. The summed E-state index contributed by atoms with van der Waals surface area (Å²) in [6, 6.07) is 8.16. The summed E-state index contributed by atoms with van der Waals surface area (Å²) in [6.45, 7) is 6.61. The molecule has 1 aromatic carbocycles. The number of aryl methyl sites for hydroxylation is 2. The Labute approximate surface area is 198 Å². The second kappa shape index (κ2) is 9.89. The van der Waals surface area contributed by atoms with Gasteiger partial charge < -0.3 is 11.1 Å². The van der Waals surface area contributed by atoms with E-state index in [1.54, 1.807) is 4.52 Å². The fraction of sp³-hybridized carbons (Fsp3) is 0.417. The highest BCUT2D eigenvalue weighted by Crippen LogP contribution is 2.19. The van der Waals surface area contributed by atoms with E-state index < -0.39 is 5.91 Å². The number of piperidine rings is 1. The van der Waals surface area contributed by atoms with Crippen molar-refractivity contribution in [2.75, 3.05) is 13.1 Å². The molecule has 2 aromatic heterocycles. The summed E-state index contributed by atoms with van der Waals surface area (Å²) in [4.78, 5) is 31.1. The van der Waals surface area contributed by atoms with Gasteiger partial charge in [0.1, 0.15) is 5.56 Å². The van der Waals surface area contributed by atoms with Crippen LogP contribution in [0.25, 0.3) is 5.65 Å².